The molecule has 0 saturated carbocycles. The van der Waals surface area contributed by atoms with Crippen LogP contribution in [-0.4, -0.2) is 12.5 Å². The van der Waals surface area contributed by atoms with Gasteiger partial charge in [0.25, 0.3) is 0 Å². The van der Waals surface area contributed by atoms with Crippen molar-refractivity contribution in [2.75, 3.05) is 0 Å². The third-order valence-electron chi connectivity index (χ3n) is 0.714. The molecular formula is C7H10N2O. The average molecular weight is 138 g/mol. The Bertz CT molecular complexity index is 188. The summed E-state index contributed by atoms with van der Waals surface area (Å²) in [6.07, 6.45) is 3.61. The summed E-state index contributed by atoms with van der Waals surface area (Å²) >= 11 is 0. The van der Waals surface area contributed by atoms with Gasteiger partial charge in [-0.2, -0.15) is 0 Å². The molecule has 0 spiro atoms. The monoisotopic (exact) mass is 138 g/mol. The van der Waals surface area contributed by atoms with E-state index in [1.165, 1.54) is 6.21 Å². The number of hydrogen-bond donors (Lipinski definition) is 1. The molecule has 0 radical (unpaired) electrons. The van der Waals surface area contributed by atoms with Crippen LogP contribution in [0.5, 0.6) is 0 Å². The lowest BCUT2D eigenvalue weighted by Crippen LogP contribution is -1.89. The lowest BCUT2D eigenvalue weighted by atomic mass is 10.5. The van der Waals surface area contributed by atoms with E-state index in [9.17, 15) is 4.79 Å². The minimum Gasteiger partial charge on any atom is -0.402 e. The maximum Gasteiger partial charge on any atom is 0.167 e. The Balaban J connectivity index is 3.89. The molecule has 0 fully saturated rings. The first-order valence-corrected chi connectivity index (χ1v) is 2.77. The summed E-state index contributed by atoms with van der Waals surface area (Å²) in [5, 5.41) is 0. The minimum absolute atomic E-state index is 0.192. The predicted octanol–water partition coefficient (Wildman–Crippen LogP) is 0.632. The van der Waals surface area contributed by atoms with Gasteiger partial charge in [-0.05, 0) is 13.0 Å². The predicted molar refractivity (Wildman–Crippen MR) is 41.6 cm³/mol. The molecular weight excluding hydrogens is 128 g/mol. The molecule has 0 heterocycles. The summed E-state index contributed by atoms with van der Waals surface area (Å²) in [6.45, 7) is 5.07. The first-order valence-electron chi connectivity index (χ1n) is 2.77. The number of carbonyl (C=O) groups excluding carboxylic acids is 1. The van der Waals surface area contributed by atoms with Crippen molar-refractivity contribution in [3.05, 3.63) is 24.0 Å². The Morgan fingerprint density at radius 2 is 2.30 bits per heavy atom. The van der Waals surface area contributed by atoms with Crippen molar-refractivity contribution < 1.29 is 4.79 Å². The zero-order chi connectivity index (χ0) is 7.98. The fraction of sp³-hybridized carbons (Fsp3) is 0.143. The van der Waals surface area contributed by atoms with Crippen molar-refractivity contribution in [2.24, 2.45) is 10.7 Å². The highest BCUT2D eigenvalue weighted by Crippen LogP contribution is 1.84. The number of aliphatic imine (C=N–C) groups is 1. The highest BCUT2D eigenvalue weighted by Gasteiger charge is 1.78. The molecule has 0 saturated heterocycles. The molecule has 3 nitrogen and oxygen atoms in total. The average Bonchev–Trinajstić information content (AvgIpc) is 1.87. The second-order valence-corrected chi connectivity index (χ2v) is 1.80. The van der Waals surface area contributed by atoms with Gasteiger partial charge in [0.15, 0.2) is 6.29 Å². The van der Waals surface area contributed by atoms with Crippen LogP contribution in [0.25, 0.3) is 0 Å². The zero-order valence-corrected chi connectivity index (χ0v) is 5.87. The third-order valence-corrected chi connectivity index (χ3v) is 0.714. The second kappa shape index (κ2) is 4.49. The number of carbonyl (C=O) groups is 1. The van der Waals surface area contributed by atoms with Crippen LogP contribution in [0.4, 0.5) is 0 Å². The fourth-order valence-electron chi connectivity index (χ4n) is 0.281. The molecule has 0 amide bonds. The number of aldehydes is 1. The Morgan fingerprint density at radius 3 is 2.70 bits per heavy atom. The van der Waals surface area contributed by atoms with Crippen molar-refractivity contribution in [3.63, 3.8) is 0 Å². The SMILES string of the molecule is C=C(C=O)/N=C\C=C(/C)N. The van der Waals surface area contributed by atoms with Crippen molar-refractivity contribution in [2.45, 2.75) is 6.92 Å². The first-order chi connectivity index (χ1) is 4.66. The molecule has 0 atom stereocenters. The van der Waals surface area contributed by atoms with Crippen LogP contribution >= 0.6 is 0 Å². The van der Waals surface area contributed by atoms with Crippen molar-refractivity contribution in [1.29, 1.82) is 0 Å². The smallest absolute Gasteiger partial charge is 0.167 e. The van der Waals surface area contributed by atoms with Crippen LogP contribution in [0.3, 0.4) is 0 Å². The molecule has 2 N–H and O–H groups in total. The number of allylic oxidation sites excluding steroid dienone is 3. The van der Waals surface area contributed by atoms with Crippen molar-refractivity contribution >= 4 is 12.5 Å². The number of nitrogens with two attached hydrogens (primary N) is 1. The largest absolute Gasteiger partial charge is 0.402 e. The summed E-state index contributed by atoms with van der Waals surface area (Å²) < 4.78 is 0. The molecule has 0 aliphatic carbocycles. The van der Waals surface area contributed by atoms with E-state index < -0.39 is 0 Å². The van der Waals surface area contributed by atoms with Crippen LogP contribution in [0.1, 0.15) is 6.92 Å². The van der Waals surface area contributed by atoms with E-state index in [1.807, 2.05) is 0 Å². The summed E-state index contributed by atoms with van der Waals surface area (Å²) in [7, 11) is 0. The van der Waals surface area contributed by atoms with Gasteiger partial charge in [0.2, 0.25) is 0 Å². The quantitative estimate of drug-likeness (QED) is 0.353. The lowest BCUT2D eigenvalue weighted by Gasteiger charge is -1.83. The molecule has 0 aliphatic heterocycles. The van der Waals surface area contributed by atoms with Crippen molar-refractivity contribution in [1.82, 2.24) is 0 Å². The molecule has 0 unspecified atom stereocenters. The van der Waals surface area contributed by atoms with E-state index in [1.54, 1.807) is 13.0 Å². The van der Waals surface area contributed by atoms with Gasteiger partial charge in [-0.1, -0.05) is 6.58 Å². The van der Waals surface area contributed by atoms with Crippen LogP contribution in [0.2, 0.25) is 0 Å². The van der Waals surface area contributed by atoms with Crippen LogP contribution in [-0.2, 0) is 4.79 Å². The molecule has 10 heavy (non-hydrogen) atoms. The van der Waals surface area contributed by atoms with Gasteiger partial charge in [-0.25, -0.2) is 0 Å². The van der Waals surface area contributed by atoms with Gasteiger partial charge in [-0.15, -0.1) is 0 Å². The highest BCUT2D eigenvalue weighted by molar-refractivity contribution is 5.80. The minimum atomic E-state index is 0.192. The maximum atomic E-state index is 9.92. The van der Waals surface area contributed by atoms with Gasteiger partial charge >= 0.3 is 0 Å². The molecule has 0 aromatic rings. The number of rotatable bonds is 3. The topological polar surface area (TPSA) is 55.5 Å². The van der Waals surface area contributed by atoms with Gasteiger partial charge in [0, 0.05) is 11.9 Å². The van der Waals surface area contributed by atoms with Gasteiger partial charge in [-0.3, -0.25) is 9.79 Å². The Hall–Kier alpha value is -1.38. The summed E-state index contributed by atoms with van der Waals surface area (Å²) in [4.78, 5) is 13.6. The second-order valence-electron chi connectivity index (χ2n) is 1.80. The molecule has 54 valence electrons. The van der Waals surface area contributed by atoms with E-state index >= 15 is 0 Å². The standard InChI is InChI=1S/C7H10N2O/c1-6(8)3-4-9-7(2)5-10/h3-5H,2,8H2,1H3/b6-3+,9-4-. The van der Waals surface area contributed by atoms with E-state index in [4.69, 9.17) is 5.73 Å². The number of nitrogens with zero attached hydrogens (tertiary/aromatic N) is 1. The summed E-state index contributed by atoms with van der Waals surface area (Å²) in [6, 6.07) is 0. The van der Waals surface area contributed by atoms with Crippen LogP contribution in [0.15, 0.2) is 29.0 Å². The Morgan fingerprint density at radius 1 is 1.70 bits per heavy atom. The molecule has 0 bridgehead atoms. The number of hydrogen-bond acceptors (Lipinski definition) is 3. The Kier molecular flexibility index (Phi) is 3.87. The Labute approximate surface area is 59.9 Å². The molecule has 0 aromatic carbocycles. The zero-order valence-electron chi connectivity index (χ0n) is 5.87. The maximum absolute atomic E-state index is 9.92. The highest BCUT2D eigenvalue weighted by atomic mass is 16.1. The molecule has 3 heteroatoms. The summed E-state index contributed by atoms with van der Waals surface area (Å²) in [5.41, 5.74) is 6.11. The van der Waals surface area contributed by atoms with E-state index in [0.29, 0.717) is 12.0 Å². The van der Waals surface area contributed by atoms with E-state index in [2.05, 4.69) is 11.6 Å². The molecule has 0 rings (SSSR count). The normalized spacial score (nSPS) is 11.9. The van der Waals surface area contributed by atoms with E-state index in [-0.39, 0.29) is 5.70 Å². The van der Waals surface area contributed by atoms with Gasteiger partial charge in [0.05, 0.1) is 5.70 Å². The fourth-order valence-corrected chi connectivity index (χ4v) is 0.281. The lowest BCUT2D eigenvalue weighted by molar-refractivity contribution is -0.104. The first kappa shape index (κ1) is 8.62. The van der Waals surface area contributed by atoms with Gasteiger partial charge in [0.1, 0.15) is 0 Å². The van der Waals surface area contributed by atoms with E-state index in [0.717, 1.165) is 0 Å². The van der Waals surface area contributed by atoms with Crippen molar-refractivity contribution in [3.8, 4) is 0 Å². The summed E-state index contributed by atoms with van der Waals surface area (Å²) in [5.74, 6) is 0. The molecule has 0 aromatic heterocycles. The van der Waals surface area contributed by atoms with Crippen LogP contribution in [0, 0.1) is 0 Å². The van der Waals surface area contributed by atoms with Crippen LogP contribution < -0.4 is 5.73 Å². The third kappa shape index (κ3) is 4.77. The van der Waals surface area contributed by atoms with Gasteiger partial charge < -0.3 is 5.73 Å². The molecule has 0 aliphatic rings.